The van der Waals surface area contributed by atoms with E-state index in [0.717, 1.165) is 23.9 Å². The summed E-state index contributed by atoms with van der Waals surface area (Å²) in [6.07, 6.45) is -4.49. The van der Waals surface area contributed by atoms with Crippen molar-refractivity contribution < 1.29 is 31.6 Å². The van der Waals surface area contributed by atoms with Crippen LogP contribution >= 0.6 is 11.8 Å². The SMILES string of the molecule is CN(O)C(=O)CCSc1nc(-c2ccc(S(N)(=O)=O)cc2)n(-c2ccc(C(F)(F)F)cc2)n1. The highest BCUT2D eigenvalue weighted by Crippen LogP contribution is 2.31. The number of hydrogen-bond donors (Lipinski definition) is 2. The van der Waals surface area contributed by atoms with Crippen LogP contribution in [0, 0.1) is 0 Å². The number of nitrogens with zero attached hydrogens (tertiary/aromatic N) is 4. The van der Waals surface area contributed by atoms with E-state index in [1.54, 1.807) is 0 Å². The summed E-state index contributed by atoms with van der Waals surface area (Å²) in [5.74, 6) is -0.0304. The van der Waals surface area contributed by atoms with Gasteiger partial charge in [-0.2, -0.15) is 13.2 Å². The van der Waals surface area contributed by atoms with Crippen molar-refractivity contribution in [2.75, 3.05) is 12.8 Å². The zero-order valence-electron chi connectivity index (χ0n) is 17.0. The third-order valence-corrected chi connectivity index (χ3v) is 6.14. The fourth-order valence-electron chi connectivity index (χ4n) is 2.70. The van der Waals surface area contributed by atoms with Gasteiger partial charge in [0.05, 0.1) is 16.1 Å². The molecule has 0 bridgehead atoms. The predicted molar refractivity (Wildman–Crippen MR) is 113 cm³/mol. The number of primary sulfonamides is 1. The molecule has 0 atom stereocenters. The molecule has 176 valence electrons. The Labute approximate surface area is 191 Å². The second kappa shape index (κ2) is 9.51. The maximum Gasteiger partial charge on any atom is 0.416 e. The minimum absolute atomic E-state index is 0.00484. The number of amides is 1. The molecule has 0 aliphatic heterocycles. The average molecular weight is 502 g/mol. The van der Waals surface area contributed by atoms with Crippen LogP contribution in [0.25, 0.3) is 17.1 Å². The number of alkyl halides is 3. The monoisotopic (exact) mass is 501 g/mol. The number of nitrogens with two attached hydrogens (primary N) is 1. The van der Waals surface area contributed by atoms with E-state index < -0.39 is 27.7 Å². The fourth-order valence-corrected chi connectivity index (χ4v) is 3.96. The number of hydroxylamine groups is 2. The Kier molecular flexibility index (Phi) is 7.11. The molecule has 14 heteroatoms. The minimum atomic E-state index is -4.50. The van der Waals surface area contributed by atoms with E-state index in [9.17, 15) is 26.4 Å². The number of thioether (sulfide) groups is 1. The predicted octanol–water partition coefficient (Wildman–Crippen LogP) is 2.93. The number of sulfonamides is 1. The molecule has 2 aromatic carbocycles. The normalized spacial score (nSPS) is 12.1. The van der Waals surface area contributed by atoms with E-state index >= 15 is 0 Å². The molecule has 3 aromatic rings. The highest BCUT2D eigenvalue weighted by Gasteiger charge is 2.30. The van der Waals surface area contributed by atoms with Crippen molar-refractivity contribution in [3.8, 4) is 17.1 Å². The lowest BCUT2D eigenvalue weighted by molar-refractivity contribution is -0.158. The van der Waals surface area contributed by atoms with Crippen LogP contribution in [0.5, 0.6) is 0 Å². The zero-order valence-corrected chi connectivity index (χ0v) is 18.7. The van der Waals surface area contributed by atoms with Crippen LogP contribution < -0.4 is 5.14 Å². The van der Waals surface area contributed by atoms with Gasteiger partial charge in [-0.25, -0.2) is 28.3 Å². The van der Waals surface area contributed by atoms with Gasteiger partial charge < -0.3 is 0 Å². The van der Waals surface area contributed by atoms with Crippen LogP contribution in [0.2, 0.25) is 0 Å². The van der Waals surface area contributed by atoms with Crippen molar-refractivity contribution in [2.24, 2.45) is 5.14 Å². The Morgan fingerprint density at radius 1 is 1.15 bits per heavy atom. The first-order chi connectivity index (χ1) is 15.4. The summed E-state index contributed by atoms with van der Waals surface area (Å²) in [6.45, 7) is 0. The van der Waals surface area contributed by atoms with Gasteiger partial charge in [0.1, 0.15) is 0 Å². The minimum Gasteiger partial charge on any atom is -0.286 e. The molecule has 33 heavy (non-hydrogen) atoms. The fraction of sp³-hybridized carbons (Fsp3) is 0.211. The van der Waals surface area contributed by atoms with Crippen LogP contribution in [-0.4, -0.2) is 52.2 Å². The topological polar surface area (TPSA) is 131 Å². The summed E-state index contributed by atoms with van der Waals surface area (Å²) in [5.41, 5.74) is -0.0986. The molecule has 3 rings (SSSR count). The van der Waals surface area contributed by atoms with Crippen molar-refractivity contribution in [3.63, 3.8) is 0 Å². The third kappa shape index (κ3) is 6.10. The molecule has 1 heterocycles. The lowest BCUT2D eigenvalue weighted by Crippen LogP contribution is -2.22. The average Bonchev–Trinajstić information content (AvgIpc) is 3.16. The molecule has 0 fully saturated rings. The molecule has 1 aromatic heterocycles. The second-order valence-electron chi connectivity index (χ2n) is 6.76. The van der Waals surface area contributed by atoms with Gasteiger partial charge in [0.15, 0.2) is 5.82 Å². The van der Waals surface area contributed by atoms with Gasteiger partial charge in [-0.1, -0.05) is 11.8 Å². The molecule has 0 radical (unpaired) electrons. The van der Waals surface area contributed by atoms with Gasteiger partial charge in [0.25, 0.3) is 0 Å². The number of halogens is 3. The third-order valence-electron chi connectivity index (χ3n) is 4.38. The van der Waals surface area contributed by atoms with Gasteiger partial charge in [-0.05, 0) is 48.5 Å². The van der Waals surface area contributed by atoms with E-state index in [1.165, 1.54) is 48.1 Å². The molecular formula is C19H18F3N5O4S2. The first-order valence-electron chi connectivity index (χ1n) is 9.22. The Morgan fingerprint density at radius 2 is 1.76 bits per heavy atom. The number of benzene rings is 2. The maximum absolute atomic E-state index is 12.9. The molecule has 0 spiro atoms. The summed E-state index contributed by atoms with van der Waals surface area (Å²) >= 11 is 1.11. The van der Waals surface area contributed by atoms with Crippen LogP contribution in [0.1, 0.15) is 12.0 Å². The van der Waals surface area contributed by atoms with Crippen molar-refractivity contribution in [1.82, 2.24) is 19.8 Å². The van der Waals surface area contributed by atoms with Gasteiger partial charge in [-0.15, -0.1) is 5.10 Å². The van der Waals surface area contributed by atoms with E-state index in [2.05, 4.69) is 10.1 Å². The molecule has 1 amide bonds. The van der Waals surface area contributed by atoms with Crippen LogP contribution in [0.3, 0.4) is 0 Å². The van der Waals surface area contributed by atoms with Crippen molar-refractivity contribution >= 4 is 27.7 Å². The van der Waals surface area contributed by atoms with E-state index in [-0.39, 0.29) is 28.0 Å². The van der Waals surface area contributed by atoms with Crippen LogP contribution in [-0.2, 0) is 21.0 Å². The lowest BCUT2D eigenvalue weighted by atomic mass is 10.2. The molecular weight excluding hydrogens is 483 g/mol. The Hall–Kier alpha value is -2.94. The molecule has 0 saturated carbocycles. The van der Waals surface area contributed by atoms with E-state index in [1.807, 2.05) is 0 Å². The van der Waals surface area contributed by atoms with Gasteiger partial charge in [0.2, 0.25) is 21.1 Å². The summed E-state index contributed by atoms with van der Waals surface area (Å²) in [4.78, 5) is 15.8. The molecule has 9 nitrogen and oxygen atoms in total. The van der Waals surface area contributed by atoms with Crippen LogP contribution in [0.4, 0.5) is 13.2 Å². The van der Waals surface area contributed by atoms with Crippen molar-refractivity contribution in [3.05, 3.63) is 54.1 Å². The van der Waals surface area contributed by atoms with Gasteiger partial charge in [0, 0.05) is 24.8 Å². The number of carbonyl (C=O) groups is 1. The Balaban J connectivity index is 1.97. The lowest BCUT2D eigenvalue weighted by Gasteiger charge is -2.09. The summed E-state index contributed by atoms with van der Waals surface area (Å²) in [6, 6.07) is 9.74. The Morgan fingerprint density at radius 3 is 2.27 bits per heavy atom. The van der Waals surface area contributed by atoms with Crippen molar-refractivity contribution in [2.45, 2.75) is 22.6 Å². The van der Waals surface area contributed by atoms with Gasteiger partial charge >= 0.3 is 6.18 Å². The molecule has 0 aliphatic rings. The highest BCUT2D eigenvalue weighted by molar-refractivity contribution is 7.99. The Bertz CT molecular complexity index is 1240. The van der Waals surface area contributed by atoms with E-state index in [4.69, 9.17) is 10.3 Å². The van der Waals surface area contributed by atoms with Crippen LogP contribution in [0.15, 0.2) is 58.6 Å². The van der Waals surface area contributed by atoms with E-state index in [0.29, 0.717) is 16.3 Å². The standard InChI is InChI=1S/C19H18F3N5O4S2/c1-26(29)16(28)10-11-32-18-24-17(12-2-8-15(9-3-12)33(23,30)31)27(25-18)14-6-4-13(5-7-14)19(20,21)22/h2-9,29H,10-11H2,1H3,(H2,23,30,31). The quantitative estimate of drug-likeness (QED) is 0.289. The molecule has 0 saturated heterocycles. The second-order valence-corrected chi connectivity index (χ2v) is 9.38. The molecule has 3 N–H and O–H groups in total. The van der Waals surface area contributed by atoms with Gasteiger partial charge in [-0.3, -0.25) is 10.0 Å². The smallest absolute Gasteiger partial charge is 0.286 e. The number of carbonyl (C=O) groups excluding carboxylic acids is 1. The number of aromatic nitrogens is 3. The molecule has 0 unspecified atom stereocenters. The van der Waals surface area contributed by atoms with Crippen molar-refractivity contribution in [1.29, 1.82) is 0 Å². The zero-order chi connectivity index (χ0) is 24.4. The summed E-state index contributed by atoms with van der Waals surface area (Å²) < 4.78 is 63.1. The first kappa shape index (κ1) is 24.7. The largest absolute Gasteiger partial charge is 0.416 e. The highest BCUT2D eigenvalue weighted by atomic mass is 32.2. The maximum atomic E-state index is 12.9. The summed E-state index contributed by atoms with van der Waals surface area (Å²) in [7, 11) is -2.71. The summed E-state index contributed by atoms with van der Waals surface area (Å²) in [5, 5.41) is 19.3. The number of hydrogen-bond acceptors (Lipinski definition) is 7. The number of rotatable bonds is 7. The molecule has 0 aliphatic carbocycles. The first-order valence-corrected chi connectivity index (χ1v) is 11.8.